The number of nitroso groups, excluding NO2 is 1. The highest BCUT2D eigenvalue weighted by Crippen LogP contribution is 2.23. The number of fused-ring (bicyclic) bond motifs is 1. The standard InChI is InChI=1S/C10H8ClN3O3/c1-2-17-10(15)8-9(13-16)14-5-6(11)3-4-7(14)12-8/h3-5H,2H2,1H3. The predicted molar refractivity (Wildman–Crippen MR) is 61.6 cm³/mol. The number of carbonyl (C=O) groups excluding carboxylic acids is 1. The molecule has 0 fully saturated rings. The smallest absolute Gasteiger partial charge is 0.361 e. The minimum Gasteiger partial charge on any atom is -0.461 e. The topological polar surface area (TPSA) is 73.0 Å². The summed E-state index contributed by atoms with van der Waals surface area (Å²) in [6, 6.07) is 3.19. The normalized spacial score (nSPS) is 10.5. The van der Waals surface area contributed by atoms with Gasteiger partial charge in [-0.05, 0) is 24.2 Å². The van der Waals surface area contributed by atoms with Crippen molar-refractivity contribution in [3.63, 3.8) is 0 Å². The van der Waals surface area contributed by atoms with Gasteiger partial charge in [-0.15, -0.1) is 4.91 Å². The van der Waals surface area contributed by atoms with Gasteiger partial charge in [0.05, 0.1) is 11.6 Å². The molecule has 0 spiro atoms. The van der Waals surface area contributed by atoms with Crippen LogP contribution in [0, 0.1) is 4.91 Å². The zero-order chi connectivity index (χ0) is 12.4. The molecular formula is C10H8ClN3O3. The molecule has 0 amide bonds. The summed E-state index contributed by atoms with van der Waals surface area (Å²) < 4.78 is 6.13. The number of ether oxygens (including phenoxy) is 1. The van der Waals surface area contributed by atoms with Crippen LogP contribution >= 0.6 is 11.6 Å². The molecule has 0 N–H and O–H groups in total. The Kier molecular flexibility index (Phi) is 3.06. The average molecular weight is 254 g/mol. The van der Waals surface area contributed by atoms with Crippen LogP contribution in [0.25, 0.3) is 5.65 Å². The van der Waals surface area contributed by atoms with Crippen molar-refractivity contribution in [1.82, 2.24) is 9.38 Å². The largest absolute Gasteiger partial charge is 0.461 e. The van der Waals surface area contributed by atoms with Crippen molar-refractivity contribution in [1.29, 1.82) is 0 Å². The van der Waals surface area contributed by atoms with Crippen molar-refractivity contribution in [2.45, 2.75) is 6.92 Å². The molecule has 0 atom stereocenters. The van der Waals surface area contributed by atoms with Crippen LogP contribution in [0.15, 0.2) is 23.5 Å². The number of aromatic nitrogens is 2. The summed E-state index contributed by atoms with van der Waals surface area (Å²) in [6.07, 6.45) is 1.46. The molecule has 0 saturated heterocycles. The number of rotatable bonds is 3. The van der Waals surface area contributed by atoms with Crippen molar-refractivity contribution in [2.24, 2.45) is 5.18 Å². The summed E-state index contributed by atoms with van der Waals surface area (Å²) in [5.74, 6) is -0.789. The molecule has 17 heavy (non-hydrogen) atoms. The van der Waals surface area contributed by atoms with E-state index >= 15 is 0 Å². The number of imidazole rings is 1. The molecule has 2 heterocycles. The molecule has 0 bridgehead atoms. The van der Waals surface area contributed by atoms with Gasteiger partial charge in [-0.25, -0.2) is 9.78 Å². The first-order valence-corrected chi connectivity index (χ1v) is 5.23. The SMILES string of the molecule is CCOC(=O)c1nc2ccc(Cl)cn2c1N=O. The second-order valence-electron chi connectivity index (χ2n) is 3.17. The fraction of sp³-hybridized carbons (Fsp3) is 0.200. The van der Waals surface area contributed by atoms with Gasteiger partial charge in [0.1, 0.15) is 5.65 Å². The Labute approximate surface area is 101 Å². The van der Waals surface area contributed by atoms with Crippen molar-refractivity contribution in [3.05, 3.63) is 34.0 Å². The highest BCUT2D eigenvalue weighted by Gasteiger charge is 2.20. The Balaban J connectivity index is 2.64. The quantitative estimate of drug-likeness (QED) is 0.622. The Morgan fingerprint density at radius 2 is 2.35 bits per heavy atom. The van der Waals surface area contributed by atoms with E-state index < -0.39 is 5.97 Å². The fourth-order valence-corrected chi connectivity index (χ4v) is 1.59. The number of nitrogens with zero attached hydrogens (tertiary/aromatic N) is 3. The number of hydrogen-bond donors (Lipinski definition) is 0. The van der Waals surface area contributed by atoms with Gasteiger partial charge in [-0.2, -0.15) is 0 Å². The Hall–Kier alpha value is -1.95. The summed E-state index contributed by atoms with van der Waals surface area (Å²) in [7, 11) is 0. The zero-order valence-corrected chi connectivity index (χ0v) is 9.64. The Morgan fingerprint density at radius 1 is 1.59 bits per heavy atom. The first-order chi connectivity index (χ1) is 8.17. The third-order valence-corrected chi connectivity index (χ3v) is 2.34. The fourth-order valence-electron chi connectivity index (χ4n) is 1.43. The van der Waals surface area contributed by atoms with Crippen molar-refractivity contribution >= 4 is 29.0 Å². The van der Waals surface area contributed by atoms with Gasteiger partial charge in [0, 0.05) is 6.20 Å². The summed E-state index contributed by atoms with van der Waals surface area (Å²) in [5, 5.41) is 3.21. The molecule has 0 saturated carbocycles. The number of hydrogen-bond acceptors (Lipinski definition) is 5. The van der Waals surface area contributed by atoms with E-state index in [2.05, 4.69) is 10.2 Å². The van der Waals surface area contributed by atoms with E-state index in [0.717, 1.165) is 0 Å². The summed E-state index contributed by atoms with van der Waals surface area (Å²) in [6.45, 7) is 1.87. The minimum atomic E-state index is -0.679. The first kappa shape index (κ1) is 11.5. The molecule has 0 radical (unpaired) electrons. The molecule has 2 aromatic rings. The highest BCUT2D eigenvalue weighted by atomic mass is 35.5. The molecule has 7 heteroatoms. The van der Waals surface area contributed by atoms with E-state index in [1.807, 2.05) is 0 Å². The number of esters is 1. The lowest BCUT2D eigenvalue weighted by Gasteiger charge is -1.97. The van der Waals surface area contributed by atoms with Gasteiger partial charge in [0.25, 0.3) is 0 Å². The summed E-state index contributed by atoms with van der Waals surface area (Å²) in [5.41, 5.74) is 0.302. The third-order valence-electron chi connectivity index (χ3n) is 2.11. The molecule has 88 valence electrons. The molecule has 0 unspecified atom stereocenters. The van der Waals surface area contributed by atoms with Gasteiger partial charge in [-0.1, -0.05) is 11.6 Å². The van der Waals surface area contributed by atoms with Gasteiger partial charge >= 0.3 is 5.97 Å². The molecule has 2 aromatic heterocycles. The van der Waals surface area contributed by atoms with Crippen molar-refractivity contribution in [2.75, 3.05) is 6.61 Å². The second kappa shape index (κ2) is 4.50. The van der Waals surface area contributed by atoms with E-state index in [1.54, 1.807) is 19.1 Å². The molecule has 2 rings (SSSR count). The van der Waals surface area contributed by atoms with Crippen LogP contribution in [-0.2, 0) is 4.74 Å². The van der Waals surface area contributed by atoms with Crippen LogP contribution < -0.4 is 0 Å². The lowest BCUT2D eigenvalue weighted by atomic mass is 10.4. The van der Waals surface area contributed by atoms with Gasteiger partial charge in [0.15, 0.2) is 5.69 Å². The second-order valence-corrected chi connectivity index (χ2v) is 3.61. The molecule has 0 aromatic carbocycles. The average Bonchev–Trinajstić information content (AvgIpc) is 2.67. The van der Waals surface area contributed by atoms with Crippen LogP contribution in [0.3, 0.4) is 0 Å². The summed E-state index contributed by atoms with van der Waals surface area (Å²) in [4.78, 5) is 26.3. The Morgan fingerprint density at radius 3 is 3.00 bits per heavy atom. The van der Waals surface area contributed by atoms with E-state index in [4.69, 9.17) is 16.3 Å². The number of halogens is 1. The number of carbonyl (C=O) groups is 1. The summed E-state index contributed by atoms with van der Waals surface area (Å²) >= 11 is 5.79. The maximum Gasteiger partial charge on any atom is 0.361 e. The molecule has 0 aliphatic carbocycles. The van der Waals surface area contributed by atoms with E-state index in [1.165, 1.54) is 10.6 Å². The molecule has 0 aliphatic rings. The van der Waals surface area contributed by atoms with Crippen LogP contribution in [0.1, 0.15) is 17.4 Å². The van der Waals surface area contributed by atoms with E-state index in [-0.39, 0.29) is 18.1 Å². The third kappa shape index (κ3) is 1.99. The van der Waals surface area contributed by atoms with Gasteiger partial charge in [-0.3, -0.25) is 4.40 Å². The Bertz CT molecular complexity index is 594. The van der Waals surface area contributed by atoms with Crippen molar-refractivity contribution < 1.29 is 9.53 Å². The van der Waals surface area contributed by atoms with Gasteiger partial charge in [0.2, 0.25) is 5.82 Å². The maximum atomic E-state index is 11.5. The minimum absolute atomic E-state index is 0.107. The predicted octanol–water partition coefficient (Wildman–Crippen LogP) is 2.56. The molecule has 0 aliphatic heterocycles. The maximum absolute atomic E-state index is 11.5. The highest BCUT2D eigenvalue weighted by molar-refractivity contribution is 6.30. The lowest BCUT2D eigenvalue weighted by Crippen LogP contribution is -2.05. The van der Waals surface area contributed by atoms with Crippen LogP contribution in [0.4, 0.5) is 5.82 Å². The molecule has 6 nitrogen and oxygen atoms in total. The van der Waals surface area contributed by atoms with Crippen LogP contribution in [0.2, 0.25) is 5.02 Å². The molecular weight excluding hydrogens is 246 g/mol. The van der Waals surface area contributed by atoms with Crippen molar-refractivity contribution in [3.8, 4) is 0 Å². The van der Waals surface area contributed by atoms with Gasteiger partial charge < -0.3 is 4.74 Å². The monoisotopic (exact) mass is 253 g/mol. The lowest BCUT2D eigenvalue weighted by molar-refractivity contribution is 0.0521. The number of pyridine rings is 1. The van der Waals surface area contributed by atoms with E-state index in [0.29, 0.717) is 10.7 Å². The zero-order valence-electron chi connectivity index (χ0n) is 8.88. The van der Waals surface area contributed by atoms with Crippen LogP contribution in [-0.4, -0.2) is 22.0 Å². The van der Waals surface area contributed by atoms with Crippen LogP contribution in [0.5, 0.6) is 0 Å². The first-order valence-electron chi connectivity index (χ1n) is 4.85. The van der Waals surface area contributed by atoms with E-state index in [9.17, 15) is 9.70 Å².